The normalized spacial score (nSPS) is 10.5. The maximum Gasteiger partial charge on any atom is 0.138 e. The zero-order valence-corrected chi connectivity index (χ0v) is 8.58. The summed E-state index contributed by atoms with van der Waals surface area (Å²) in [7, 11) is 0. The minimum atomic E-state index is 0.324. The van der Waals surface area contributed by atoms with Gasteiger partial charge >= 0.3 is 0 Å². The molecule has 0 bridgehead atoms. The molecule has 1 rings (SSSR count). The molecular formula is C11H17NO. The number of aromatic nitrogens is 1. The van der Waals surface area contributed by atoms with Gasteiger partial charge in [-0.2, -0.15) is 0 Å². The lowest BCUT2D eigenvalue weighted by molar-refractivity contribution is 0.192. The van der Waals surface area contributed by atoms with E-state index in [2.05, 4.69) is 18.8 Å². The average Bonchev–Trinajstić information content (AvgIpc) is 2.17. The highest BCUT2D eigenvalue weighted by Crippen LogP contribution is 2.13. The quantitative estimate of drug-likeness (QED) is 0.709. The Morgan fingerprint density at radius 1 is 1.31 bits per heavy atom. The summed E-state index contributed by atoms with van der Waals surface area (Å²) in [6.45, 7) is 6.24. The van der Waals surface area contributed by atoms with Gasteiger partial charge < -0.3 is 4.74 Å². The van der Waals surface area contributed by atoms with Crippen molar-refractivity contribution in [2.75, 3.05) is 0 Å². The zero-order valence-electron chi connectivity index (χ0n) is 8.58. The molecule has 2 nitrogen and oxygen atoms in total. The Labute approximate surface area is 80.0 Å². The predicted molar refractivity (Wildman–Crippen MR) is 54.0 cm³/mol. The van der Waals surface area contributed by atoms with E-state index < -0.39 is 0 Å². The standard InChI is InChI=1S/C11H17NO/c1-4-10(5-2)13-11-7-6-9(3)12-8-11/h6-8,10H,4-5H2,1-3H3. The van der Waals surface area contributed by atoms with Crippen molar-refractivity contribution in [1.82, 2.24) is 4.98 Å². The number of hydrogen-bond acceptors (Lipinski definition) is 2. The molecule has 0 aliphatic heterocycles. The van der Waals surface area contributed by atoms with Gasteiger partial charge in [-0.1, -0.05) is 13.8 Å². The Kier molecular flexibility index (Phi) is 3.74. The molecular weight excluding hydrogens is 162 g/mol. The van der Waals surface area contributed by atoms with Gasteiger partial charge in [-0.25, -0.2) is 0 Å². The Morgan fingerprint density at radius 3 is 2.46 bits per heavy atom. The number of ether oxygens (including phenoxy) is 1. The van der Waals surface area contributed by atoms with E-state index in [1.54, 1.807) is 6.20 Å². The molecule has 0 fully saturated rings. The molecule has 0 radical (unpaired) electrons. The summed E-state index contributed by atoms with van der Waals surface area (Å²) in [5, 5.41) is 0. The van der Waals surface area contributed by atoms with Gasteiger partial charge in [-0.3, -0.25) is 4.98 Å². The van der Waals surface area contributed by atoms with Gasteiger partial charge in [0, 0.05) is 5.69 Å². The molecule has 2 heteroatoms. The Hall–Kier alpha value is -1.05. The number of rotatable bonds is 4. The number of aryl methyl sites for hydroxylation is 1. The highest BCUT2D eigenvalue weighted by Gasteiger charge is 2.04. The van der Waals surface area contributed by atoms with Gasteiger partial charge in [0.15, 0.2) is 0 Å². The summed E-state index contributed by atoms with van der Waals surface area (Å²) in [6.07, 6.45) is 4.20. The molecule has 0 saturated carbocycles. The lowest BCUT2D eigenvalue weighted by Gasteiger charge is -2.14. The molecule has 1 aromatic rings. The number of hydrogen-bond donors (Lipinski definition) is 0. The van der Waals surface area contributed by atoms with Crippen LogP contribution in [0.3, 0.4) is 0 Å². The SMILES string of the molecule is CCC(CC)Oc1ccc(C)nc1. The second-order valence-corrected chi connectivity index (χ2v) is 3.19. The minimum absolute atomic E-state index is 0.324. The Balaban J connectivity index is 2.58. The monoisotopic (exact) mass is 179 g/mol. The van der Waals surface area contributed by atoms with E-state index in [1.807, 2.05) is 19.1 Å². The van der Waals surface area contributed by atoms with Crippen molar-refractivity contribution in [3.8, 4) is 5.75 Å². The van der Waals surface area contributed by atoms with Crippen LogP contribution in [0.5, 0.6) is 5.75 Å². The van der Waals surface area contributed by atoms with Crippen molar-refractivity contribution in [3.05, 3.63) is 24.0 Å². The Morgan fingerprint density at radius 2 is 2.00 bits per heavy atom. The third-order valence-electron chi connectivity index (χ3n) is 2.10. The Bertz CT molecular complexity index is 239. The van der Waals surface area contributed by atoms with Crippen LogP contribution in [0, 0.1) is 6.92 Å². The summed E-state index contributed by atoms with van der Waals surface area (Å²) >= 11 is 0. The van der Waals surface area contributed by atoms with Gasteiger partial charge in [0.25, 0.3) is 0 Å². The van der Waals surface area contributed by atoms with Gasteiger partial charge in [0.2, 0.25) is 0 Å². The zero-order chi connectivity index (χ0) is 9.68. The number of nitrogens with zero attached hydrogens (tertiary/aromatic N) is 1. The molecule has 0 saturated heterocycles. The van der Waals surface area contributed by atoms with Crippen LogP contribution < -0.4 is 4.74 Å². The maximum absolute atomic E-state index is 5.71. The number of pyridine rings is 1. The van der Waals surface area contributed by atoms with E-state index in [4.69, 9.17) is 4.74 Å². The second kappa shape index (κ2) is 4.85. The summed E-state index contributed by atoms with van der Waals surface area (Å²) in [5.74, 6) is 0.874. The molecule has 13 heavy (non-hydrogen) atoms. The van der Waals surface area contributed by atoms with E-state index in [9.17, 15) is 0 Å². The third kappa shape index (κ3) is 3.05. The van der Waals surface area contributed by atoms with E-state index in [-0.39, 0.29) is 0 Å². The molecule has 0 amide bonds. The molecule has 0 aliphatic carbocycles. The van der Waals surface area contributed by atoms with Crippen molar-refractivity contribution >= 4 is 0 Å². The van der Waals surface area contributed by atoms with Crippen LogP contribution in [0.15, 0.2) is 18.3 Å². The van der Waals surface area contributed by atoms with Crippen LogP contribution in [-0.2, 0) is 0 Å². The first kappa shape index (κ1) is 10.0. The van der Waals surface area contributed by atoms with Crippen LogP contribution in [0.2, 0.25) is 0 Å². The highest BCUT2D eigenvalue weighted by atomic mass is 16.5. The van der Waals surface area contributed by atoms with Crippen molar-refractivity contribution in [2.24, 2.45) is 0 Å². The van der Waals surface area contributed by atoms with Crippen LogP contribution in [-0.4, -0.2) is 11.1 Å². The van der Waals surface area contributed by atoms with Gasteiger partial charge in [0.1, 0.15) is 5.75 Å². The van der Waals surface area contributed by atoms with Crippen molar-refractivity contribution in [3.63, 3.8) is 0 Å². The molecule has 1 aromatic heterocycles. The van der Waals surface area contributed by atoms with Crippen LogP contribution in [0.4, 0.5) is 0 Å². The lowest BCUT2D eigenvalue weighted by atomic mass is 10.2. The molecule has 0 atom stereocenters. The average molecular weight is 179 g/mol. The topological polar surface area (TPSA) is 22.1 Å². The van der Waals surface area contributed by atoms with E-state index >= 15 is 0 Å². The summed E-state index contributed by atoms with van der Waals surface area (Å²) in [5.41, 5.74) is 1.02. The van der Waals surface area contributed by atoms with E-state index in [1.165, 1.54) is 0 Å². The maximum atomic E-state index is 5.71. The first-order valence-corrected chi connectivity index (χ1v) is 4.85. The minimum Gasteiger partial charge on any atom is -0.489 e. The molecule has 1 heterocycles. The first-order chi connectivity index (χ1) is 6.26. The lowest BCUT2D eigenvalue weighted by Crippen LogP contribution is -2.13. The molecule has 72 valence electrons. The van der Waals surface area contributed by atoms with E-state index in [0.717, 1.165) is 24.3 Å². The molecule has 0 aromatic carbocycles. The predicted octanol–water partition coefficient (Wildman–Crippen LogP) is 2.96. The van der Waals surface area contributed by atoms with Crippen LogP contribution in [0.1, 0.15) is 32.4 Å². The van der Waals surface area contributed by atoms with Gasteiger partial charge in [-0.05, 0) is 31.9 Å². The fraction of sp³-hybridized carbons (Fsp3) is 0.545. The molecule has 0 N–H and O–H groups in total. The van der Waals surface area contributed by atoms with Crippen molar-refractivity contribution < 1.29 is 4.74 Å². The molecule has 0 unspecified atom stereocenters. The van der Waals surface area contributed by atoms with E-state index in [0.29, 0.717) is 6.10 Å². The fourth-order valence-corrected chi connectivity index (χ4v) is 1.17. The largest absolute Gasteiger partial charge is 0.489 e. The van der Waals surface area contributed by atoms with Gasteiger partial charge in [0.05, 0.1) is 12.3 Å². The second-order valence-electron chi connectivity index (χ2n) is 3.19. The summed E-state index contributed by atoms with van der Waals surface area (Å²) < 4.78 is 5.71. The molecule has 0 aliphatic rings. The van der Waals surface area contributed by atoms with Crippen LogP contribution >= 0.6 is 0 Å². The van der Waals surface area contributed by atoms with Gasteiger partial charge in [-0.15, -0.1) is 0 Å². The highest BCUT2D eigenvalue weighted by molar-refractivity contribution is 5.19. The van der Waals surface area contributed by atoms with Crippen molar-refractivity contribution in [1.29, 1.82) is 0 Å². The molecule has 0 spiro atoms. The smallest absolute Gasteiger partial charge is 0.138 e. The van der Waals surface area contributed by atoms with Crippen molar-refractivity contribution in [2.45, 2.75) is 39.7 Å². The fourth-order valence-electron chi connectivity index (χ4n) is 1.17. The summed E-state index contributed by atoms with van der Waals surface area (Å²) in [6, 6.07) is 3.94. The van der Waals surface area contributed by atoms with Crippen LogP contribution in [0.25, 0.3) is 0 Å². The summed E-state index contributed by atoms with van der Waals surface area (Å²) in [4.78, 5) is 4.18. The first-order valence-electron chi connectivity index (χ1n) is 4.85. The third-order valence-corrected chi connectivity index (χ3v) is 2.10.